The molecule has 0 unspecified atom stereocenters. The summed E-state index contributed by atoms with van der Waals surface area (Å²) < 4.78 is 0. The van der Waals surface area contributed by atoms with E-state index in [1.807, 2.05) is 0 Å². The van der Waals surface area contributed by atoms with Crippen molar-refractivity contribution in [1.29, 1.82) is 0 Å². The molecule has 1 aromatic rings. The minimum atomic E-state index is -0.441. The van der Waals surface area contributed by atoms with Crippen molar-refractivity contribution in [3.05, 3.63) is 31.4 Å². The van der Waals surface area contributed by atoms with E-state index in [2.05, 4.69) is 23.1 Å². The van der Waals surface area contributed by atoms with E-state index in [9.17, 15) is 9.59 Å². The zero-order valence-corrected chi connectivity index (χ0v) is 8.46. The SMILES string of the molecule is C=C.O=CC(=O)Cc1cnc[nH]1.[HH].[V]. The first-order valence-corrected chi connectivity index (χ1v) is 3.28. The molecule has 0 saturated heterocycles. The largest absolute Gasteiger partial charge is 0.348 e. The Bertz CT molecular complexity index is 252. The number of hydrogen-bond donors (Lipinski definition) is 1. The third-order valence-electron chi connectivity index (χ3n) is 1.05. The van der Waals surface area contributed by atoms with Crippen LogP contribution in [0.1, 0.15) is 7.12 Å². The van der Waals surface area contributed by atoms with Crippen LogP contribution in [0, 0.1) is 0 Å². The van der Waals surface area contributed by atoms with E-state index in [4.69, 9.17) is 0 Å². The topological polar surface area (TPSA) is 62.8 Å². The molecule has 0 aliphatic carbocycles. The van der Waals surface area contributed by atoms with Gasteiger partial charge in [-0.1, -0.05) is 0 Å². The Labute approximate surface area is 89.8 Å². The number of H-pyrrole nitrogens is 1. The molecule has 0 fully saturated rings. The molecule has 13 heavy (non-hydrogen) atoms. The van der Waals surface area contributed by atoms with Gasteiger partial charge < -0.3 is 4.98 Å². The fraction of sp³-hybridized carbons (Fsp3) is 0.125. The van der Waals surface area contributed by atoms with Gasteiger partial charge in [0.25, 0.3) is 0 Å². The number of imidazole rings is 1. The summed E-state index contributed by atoms with van der Waals surface area (Å²) >= 11 is 0. The number of hydrogen-bond acceptors (Lipinski definition) is 3. The van der Waals surface area contributed by atoms with Crippen LogP contribution in [0.3, 0.4) is 0 Å². The molecule has 0 aromatic carbocycles. The first-order valence-electron chi connectivity index (χ1n) is 3.28. The second-order valence-corrected chi connectivity index (χ2v) is 1.84. The first kappa shape index (κ1) is 14.4. The van der Waals surface area contributed by atoms with Gasteiger partial charge >= 0.3 is 0 Å². The van der Waals surface area contributed by atoms with E-state index >= 15 is 0 Å². The molecule has 0 bridgehead atoms. The smallest absolute Gasteiger partial charge is 0.201 e. The molecule has 0 saturated carbocycles. The van der Waals surface area contributed by atoms with Crippen LogP contribution in [0.5, 0.6) is 0 Å². The molecule has 0 spiro atoms. The molecule has 0 atom stereocenters. The van der Waals surface area contributed by atoms with Gasteiger partial charge in [-0.25, -0.2) is 4.98 Å². The predicted octanol–water partition coefficient (Wildman–Crippen LogP) is 0.766. The van der Waals surface area contributed by atoms with E-state index < -0.39 is 5.78 Å². The molecule has 0 aliphatic heterocycles. The predicted molar refractivity (Wildman–Crippen MR) is 46.7 cm³/mol. The fourth-order valence-corrected chi connectivity index (χ4v) is 0.611. The Morgan fingerprint density at radius 2 is 2.31 bits per heavy atom. The van der Waals surface area contributed by atoms with Crippen molar-refractivity contribution in [1.82, 2.24) is 9.97 Å². The second kappa shape index (κ2) is 8.97. The first-order chi connectivity index (χ1) is 5.83. The molecule has 4 nitrogen and oxygen atoms in total. The van der Waals surface area contributed by atoms with Crippen LogP contribution in [0.25, 0.3) is 0 Å². The Morgan fingerprint density at radius 3 is 2.69 bits per heavy atom. The normalized spacial score (nSPS) is 7.38. The summed E-state index contributed by atoms with van der Waals surface area (Å²) in [5, 5.41) is 0. The third-order valence-corrected chi connectivity index (χ3v) is 1.05. The number of aldehydes is 1. The van der Waals surface area contributed by atoms with E-state index in [-0.39, 0.29) is 26.4 Å². The third kappa shape index (κ3) is 6.07. The maximum atomic E-state index is 10.5. The molecule has 5 heteroatoms. The Hall–Kier alpha value is -1.13. The van der Waals surface area contributed by atoms with Crippen LogP contribution in [0.2, 0.25) is 0 Å². The van der Waals surface area contributed by atoms with Gasteiger partial charge in [-0.05, 0) is 0 Å². The summed E-state index contributed by atoms with van der Waals surface area (Å²) in [7, 11) is 0. The van der Waals surface area contributed by atoms with E-state index in [1.165, 1.54) is 12.5 Å². The molecule has 1 radical (unpaired) electrons. The number of aromatic nitrogens is 2. The van der Waals surface area contributed by atoms with Gasteiger partial charge in [0.1, 0.15) is 0 Å². The Morgan fingerprint density at radius 1 is 1.69 bits per heavy atom. The van der Waals surface area contributed by atoms with Gasteiger partial charge in [0.15, 0.2) is 6.29 Å². The van der Waals surface area contributed by atoms with Crippen LogP contribution in [0.4, 0.5) is 0 Å². The number of rotatable bonds is 3. The second-order valence-electron chi connectivity index (χ2n) is 1.84. The van der Waals surface area contributed by atoms with Crippen molar-refractivity contribution in [3.8, 4) is 0 Å². The van der Waals surface area contributed by atoms with E-state index in [0.717, 1.165) is 0 Å². The zero-order chi connectivity index (χ0) is 9.40. The van der Waals surface area contributed by atoms with Crippen molar-refractivity contribution >= 4 is 12.1 Å². The zero-order valence-electron chi connectivity index (χ0n) is 7.06. The summed E-state index contributed by atoms with van der Waals surface area (Å²) in [6, 6.07) is 0. The average Bonchev–Trinajstić information content (AvgIpc) is 2.60. The standard InChI is InChI=1S/C6H6N2O2.C2H4.V.H2/c9-3-6(10)1-5-2-7-4-8-5;1-2;;/h2-4H,1H2,(H,7,8);1-2H2;;1H. The van der Waals surface area contributed by atoms with Gasteiger partial charge in [0.2, 0.25) is 5.78 Å². The summed E-state index contributed by atoms with van der Waals surface area (Å²) in [6.45, 7) is 6.00. The van der Waals surface area contributed by atoms with Crippen LogP contribution in [0.15, 0.2) is 25.7 Å². The number of carbonyl (C=O) groups is 2. The van der Waals surface area contributed by atoms with Crippen LogP contribution >= 0.6 is 0 Å². The summed E-state index contributed by atoms with van der Waals surface area (Å²) in [5.74, 6) is -0.441. The molecular weight excluding hydrogens is 207 g/mol. The molecule has 0 amide bonds. The number of aromatic amines is 1. The number of ketones is 1. The summed E-state index contributed by atoms with van der Waals surface area (Å²) in [5.41, 5.74) is 0.664. The van der Waals surface area contributed by atoms with Gasteiger partial charge in [0.05, 0.1) is 12.7 Å². The Kier molecular flexibility index (Phi) is 9.93. The molecule has 1 aromatic heterocycles. The van der Waals surface area contributed by atoms with Crippen molar-refractivity contribution < 1.29 is 29.6 Å². The molecule has 0 aliphatic rings. The quantitative estimate of drug-likeness (QED) is 0.464. The van der Waals surface area contributed by atoms with E-state index in [0.29, 0.717) is 12.0 Å². The average molecular weight is 219 g/mol. The molecule has 71 valence electrons. The van der Waals surface area contributed by atoms with Crippen molar-refractivity contribution in [2.24, 2.45) is 0 Å². The maximum absolute atomic E-state index is 10.5. The van der Waals surface area contributed by atoms with E-state index in [1.54, 1.807) is 0 Å². The van der Waals surface area contributed by atoms with Crippen LogP contribution < -0.4 is 0 Å². The van der Waals surface area contributed by atoms with Crippen molar-refractivity contribution in [3.63, 3.8) is 0 Å². The van der Waals surface area contributed by atoms with Gasteiger partial charge in [-0.3, -0.25) is 9.59 Å². The van der Waals surface area contributed by atoms with Crippen molar-refractivity contribution in [2.45, 2.75) is 6.42 Å². The maximum Gasteiger partial charge on any atom is 0.201 e. The van der Waals surface area contributed by atoms with Crippen molar-refractivity contribution in [2.75, 3.05) is 0 Å². The molecular formula is C8H12N2O2V. The summed E-state index contributed by atoms with van der Waals surface area (Å²) in [6.07, 6.45) is 3.40. The Balaban J connectivity index is -0.000000284. The molecule has 1 rings (SSSR count). The van der Waals surface area contributed by atoms with Gasteiger partial charge in [-0.15, -0.1) is 13.2 Å². The number of nitrogens with zero attached hydrogens (tertiary/aromatic N) is 1. The minimum absolute atomic E-state index is 0. The monoisotopic (exact) mass is 219 g/mol. The van der Waals surface area contributed by atoms with Crippen LogP contribution in [-0.4, -0.2) is 22.0 Å². The van der Waals surface area contributed by atoms with Gasteiger partial charge in [0, 0.05) is 31.9 Å². The number of carbonyl (C=O) groups excluding carboxylic acids is 2. The fourth-order valence-electron chi connectivity index (χ4n) is 0.611. The molecule has 1 heterocycles. The molecule has 1 N–H and O–H groups in total. The number of Topliss-reactive ketones (excluding diaryl/α,β-unsaturated/α-hetero) is 1. The summed E-state index contributed by atoms with van der Waals surface area (Å²) in [4.78, 5) is 26.7. The van der Waals surface area contributed by atoms with Crippen LogP contribution in [-0.2, 0) is 34.6 Å². The number of nitrogens with one attached hydrogen (secondary N) is 1. The minimum Gasteiger partial charge on any atom is -0.348 e. The van der Waals surface area contributed by atoms with Gasteiger partial charge in [-0.2, -0.15) is 0 Å².